The first-order valence-corrected chi connectivity index (χ1v) is 13.2. The summed E-state index contributed by atoms with van der Waals surface area (Å²) in [5.41, 5.74) is 1.31. The second-order valence-electron chi connectivity index (χ2n) is 10.1. The number of aryl methyl sites for hydroxylation is 1. The number of thiophene rings is 1. The Hall–Kier alpha value is -3.70. The zero-order chi connectivity index (χ0) is 26.0. The molecule has 1 N–H and O–H groups in total. The Kier molecular flexibility index (Phi) is 5.57. The number of epoxide rings is 1. The maximum Gasteiger partial charge on any atom is 0.332 e. The molecule has 5 heterocycles. The van der Waals surface area contributed by atoms with Crippen LogP contribution in [0.3, 0.4) is 0 Å². The second kappa shape index (κ2) is 8.70. The van der Waals surface area contributed by atoms with Gasteiger partial charge in [0.25, 0.3) is 5.56 Å². The number of benzene rings is 1. The Labute approximate surface area is 216 Å². The van der Waals surface area contributed by atoms with E-state index in [-0.39, 0.29) is 29.5 Å². The number of hydrogen-bond acceptors (Lipinski definition) is 7. The lowest BCUT2D eigenvalue weighted by molar-refractivity contribution is 0.392. The number of hydrogen-bond donors (Lipinski definition) is 1. The number of ether oxygens (including phenoxy) is 1. The van der Waals surface area contributed by atoms with Crippen LogP contribution >= 0.6 is 11.3 Å². The number of rotatable bonds is 7. The fourth-order valence-electron chi connectivity index (χ4n) is 4.79. The molecule has 1 aliphatic rings. The fraction of sp³-hybridized carbons (Fsp3) is 0.385. The molecule has 0 saturated carbocycles. The molecule has 4 aromatic heterocycles. The molecule has 0 radical (unpaired) electrons. The standard InChI is InChI=1S/C26H29N7O3S/c1-14(2)10-32-22-20(25(34)31(5)26(32)35)21(23-27-19(12-30(23)4)28-24-15(3)36-24)33(29-22)11-16-13-37-18-9-7-6-8-17(16)18/h6-9,12-15,24,28H,10-11H2,1-5H3. The van der Waals surface area contributed by atoms with Crippen LogP contribution < -0.4 is 16.6 Å². The van der Waals surface area contributed by atoms with E-state index >= 15 is 0 Å². The van der Waals surface area contributed by atoms with Crippen LogP contribution in [0.15, 0.2) is 45.4 Å². The predicted octanol–water partition coefficient (Wildman–Crippen LogP) is 3.37. The van der Waals surface area contributed by atoms with Crippen LogP contribution in [0, 0.1) is 5.92 Å². The highest BCUT2D eigenvalue weighted by Gasteiger charge is 2.35. The molecule has 0 amide bonds. The molecule has 1 fully saturated rings. The maximum absolute atomic E-state index is 13.6. The summed E-state index contributed by atoms with van der Waals surface area (Å²) in [5.74, 6) is 1.43. The first-order valence-electron chi connectivity index (χ1n) is 12.3. The normalized spacial score (nSPS) is 17.4. The van der Waals surface area contributed by atoms with Crippen molar-refractivity contribution in [1.82, 2.24) is 28.5 Å². The first-order chi connectivity index (χ1) is 17.7. The van der Waals surface area contributed by atoms with E-state index in [2.05, 4.69) is 22.8 Å². The number of nitrogens with one attached hydrogen (secondary N) is 1. The number of aromatic nitrogens is 6. The van der Waals surface area contributed by atoms with Crippen molar-refractivity contribution in [3.05, 3.63) is 62.2 Å². The van der Waals surface area contributed by atoms with Gasteiger partial charge in [0, 0.05) is 31.5 Å². The quantitative estimate of drug-likeness (QED) is 0.331. The van der Waals surface area contributed by atoms with Gasteiger partial charge in [-0.1, -0.05) is 32.0 Å². The van der Waals surface area contributed by atoms with Crippen molar-refractivity contribution >= 4 is 38.3 Å². The van der Waals surface area contributed by atoms with E-state index in [0.717, 1.165) is 10.9 Å². The lowest BCUT2D eigenvalue weighted by Gasteiger charge is -2.10. The minimum Gasteiger partial charge on any atom is -0.348 e. The highest BCUT2D eigenvalue weighted by Crippen LogP contribution is 2.32. The molecule has 2 atom stereocenters. The van der Waals surface area contributed by atoms with Crippen molar-refractivity contribution in [1.29, 1.82) is 0 Å². The van der Waals surface area contributed by atoms with Gasteiger partial charge in [0.2, 0.25) is 0 Å². The molecule has 6 rings (SSSR count). The van der Waals surface area contributed by atoms with Crippen LogP contribution in [-0.2, 0) is 31.9 Å². The summed E-state index contributed by atoms with van der Waals surface area (Å²) in [6.07, 6.45) is 1.92. The van der Waals surface area contributed by atoms with Gasteiger partial charge in [-0.05, 0) is 35.2 Å². The van der Waals surface area contributed by atoms with E-state index in [1.807, 2.05) is 55.4 Å². The molecular formula is C26H29N7O3S. The van der Waals surface area contributed by atoms with E-state index in [0.29, 0.717) is 41.5 Å². The van der Waals surface area contributed by atoms with Crippen LogP contribution in [0.25, 0.3) is 32.6 Å². The lowest BCUT2D eigenvalue weighted by atomic mass is 10.2. The third kappa shape index (κ3) is 3.98. The van der Waals surface area contributed by atoms with Crippen LogP contribution in [0.4, 0.5) is 5.82 Å². The SMILES string of the molecule is CC(C)Cn1c(=O)n(C)c(=O)c2c(-c3nc(NC4OC4C)cn3C)n(Cc3csc4ccccc34)nc21. The van der Waals surface area contributed by atoms with Crippen molar-refractivity contribution in [2.45, 2.75) is 46.2 Å². The van der Waals surface area contributed by atoms with Gasteiger partial charge >= 0.3 is 5.69 Å². The van der Waals surface area contributed by atoms with Crippen molar-refractivity contribution in [2.75, 3.05) is 5.32 Å². The van der Waals surface area contributed by atoms with Gasteiger partial charge in [-0.15, -0.1) is 11.3 Å². The molecule has 37 heavy (non-hydrogen) atoms. The van der Waals surface area contributed by atoms with Crippen molar-refractivity contribution in [3.63, 3.8) is 0 Å². The number of nitrogens with zero attached hydrogens (tertiary/aromatic N) is 6. The van der Waals surface area contributed by atoms with Crippen molar-refractivity contribution < 1.29 is 4.74 Å². The van der Waals surface area contributed by atoms with Crippen LogP contribution in [0.5, 0.6) is 0 Å². The highest BCUT2D eigenvalue weighted by molar-refractivity contribution is 7.17. The minimum absolute atomic E-state index is 0.0781. The zero-order valence-corrected chi connectivity index (χ0v) is 22.2. The largest absolute Gasteiger partial charge is 0.348 e. The molecular weight excluding hydrogens is 490 g/mol. The summed E-state index contributed by atoms with van der Waals surface area (Å²) < 4.78 is 13.2. The smallest absolute Gasteiger partial charge is 0.332 e. The molecule has 1 aliphatic heterocycles. The third-order valence-electron chi connectivity index (χ3n) is 6.74. The average Bonchev–Trinajstić information content (AvgIpc) is 3.17. The molecule has 11 heteroatoms. The predicted molar refractivity (Wildman–Crippen MR) is 145 cm³/mol. The van der Waals surface area contributed by atoms with E-state index in [9.17, 15) is 9.59 Å². The van der Waals surface area contributed by atoms with Gasteiger partial charge in [0.15, 0.2) is 17.7 Å². The van der Waals surface area contributed by atoms with Gasteiger partial charge in [0.1, 0.15) is 23.0 Å². The summed E-state index contributed by atoms with van der Waals surface area (Å²) in [6.45, 7) is 6.96. The molecule has 0 bridgehead atoms. The Morgan fingerprint density at radius 2 is 1.95 bits per heavy atom. The minimum atomic E-state index is -0.381. The Bertz CT molecular complexity index is 1770. The molecule has 0 aliphatic carbocycles. The number of fused-ring (bicyclic) bond motifs is 2. The first kappa shape index (κ1) is 23.7. The van der Waals surface area contributed by atoms with Gasteiger partial charge in [-0.3, -0.25) is 18.6 Å². The molecule has 10 nitrogen and oxygen atoms in total. The van der Waals surface area contributed by atoms with Crippen LogP contribution in [0.2, 0.25) is 0 Å². The Morgan fingerprint density at radius 1 is 1.19 bits per heavy atom. The number of imidazole rings is 1. The fourth-order valence-corrected chi connectivity index (χ4v) is 5.74. The van der Waals surface area contributed by atoms with E-state index in [4.69, 9.17) is 14.8 Å². The van der Waals surface area contributed by atoms with Gasteiger partial charge in [-0.2, -0.15) is 5.10 Å². The summed E-state index contributed by atoms with van der Waals surface area (Å²) in [5, 5.41) is 11.8. The Balaban J connectivity index is 1.60. The van der Waals surface area contributed by atoms with Crippen LogP contribution in [-0.4, -0.2) is 40.8 Å². The van der Waals surface area contributed by atoms with E-state index in [1.54, 1.807) is 15.9 Å². The molecule has 2 unspecified atom stereocenters. The second-order valence-corrected chi connectivity index (χ2v) is 11.0. The summed E-state index contributed by atoms with van der Waals surface area (Å²) in [4.78, 5) is 31.6. The molecule has 1 saturated heterocycles. The monoisotopic (exact) mass is 519 g/mol. The maximum atomic E-state index is 13.6. The lowest BCUT2D eigenvalue weighted by Crippen LogP contribution is -2.38. The number of anilines is 1. The highest BCUT2D eigenvalue weighted by atomic mass is 32.1. The van der Waals surface area contributed by atoms with Crippen molar-refractivity contribution in [3.8, 4) is 11.5 Å². The van der Waals surface area contributed by atoms with Gasteiger partial charge in [-0.25, -0.2) is 9.78 Å². The topological polar surface area (TPSA) is 104 Å². The summed E-state index contributed by atoms with van der Waals surface area (Å²) in [6, 6.07) is 8.24. The third-order valence-corrected chi connectivity index (χ3v) is 7.76. The van der Waals surface area contributed by atoms with Gasteiger partial charge in [0.05, 0.1) is 6.54 Å². The van der Waals surface area contributed by atoms with E-state index < -0.39 is 0 Å². The zero-order valence-electron chi connectivity index (χ0n) is 21.4. The molecule has 0 spiro atoms. The van der Waals surface area contributed by atoms with Gasteiger partial charge < -0.3 is 14.6 Å². The summed E-state index contributed by atoms with van der Waals surface area (Å²) in [7, 11) is 3.41. The van der Waals surface area contributed by atoms with E-state index in [1.165, 1.54) is 16.3 Å². The Morgan fingerprint density at radius 3 is 2.68 bits per heavy atom. The summed E-state index contributed by atoms with van der Waals surface area (Å²) >= 11 is 1.68. The van der Waals surface area contributed by atoms with Crippen molar-refractivity contribution in [2.24, 2.45) is 20.0 Å². The average molecular weight is 520 g/mol. The molecule has 192 valence electrons. The molecule has 5 aromatic rings. The molecule has 1 aromatic carbocycles. The van der Waals surface area contributed by atoms with Crippen LogP contribution in [0.1, 0.15) is 26.3 Å².